The average molecular weight is 435 g/mol. The maximum Gasteiger partial charge on any atom is 0.471 e. The van der Waals surface area contributed by atoms with Crippen LogP contribution in [0.5, 0.6) is 0 Å². The van der Waals surface area contributed by atoms with Crippen molar-refractivity contribution in [1.82, 2.24) is 20.0 Å². The fourth-order valence-electron chi connectivity index (χ4n) is 4.09. The summed E-state index contributed by atoms with van der Waals surface area (Å²) in [4.78, 5) is 37.5. The molecule has 0 spiro atoms. The predicted octanol–water partition coefficient (Wildman–Crippen LogP) is 0.434. The Bertz CT molecular complexity index is 932. The smallest absolute Gasteiger partial charge is 0.471 e. The molecule has 3 aliphatic heterocycles. The van der Waals surface area contributed by atoms with Crippen molar-refractivity contribution in [2.75, 3.05) is 12.3 Å². The topological polar surface area (TPSA) is 130 Å². The first-order valence-corrected chi connectivity index (χ1v) is 9.29. The van der Waals surface area contributed by atoms with E-state index in [0.717, 1.165) is 16.2 Å². The first kappa shape index (κ1) is 19.0. The van der Waals surface area contributed by atoms with E-state index in [1.807, 2.05) is 0 Å². The molecule has 3 aliphatic rings. The summed E-state index contributed by atoms with van der Waals surface area (Å²) in [6, 6.07) is -2.10. The minimum Gasteiger partial charge on any atom is -0.477 e. The molecule has 2 amide bonds. The minimum absolute atomic E-state index is 0.0574. The molecule has 1 aromatic heterocycles. The SMILES string of the molecule is Nc1nnc(C(S)C2=C(C(=O)O)N3C(=O)[C@@H]4[C@H]3[C@H](C2)CN4C(=O)C(F)(F)F)s1. The van der Waals surface area contributed by atoms with E-state index in [9.17, 15) is 32.7 Å². The van der Waals surface area contributed by atoms with Crippen LogP contribution >= 0.6 is 24.0 Å². The molecule has 0 aliphatic carbocycles. The maximum atomic E-state index is 12.9. The largest absolute Gasteiger partial charge is 0.477 e. The van der Waals surface area contributed by atoms with Crippen LogP contribution in [-0.2, 0) is 14.4 Å². The van der Waals surface area contributed by atoms with Crippen molar-refractivity contribution < 1.29 is 32.7 Å². The Labute approximate surface area is 164 Å². The van der Waals surface area contributed by atoms with E-state index in [4.69, 9.17) is 5.73 Å². The second-order valence-electron chi connectivity index (χ2n) is 6.62. The van der Waals surface area contributed by atoms with Gasteiger partial charge < -0.3 is 15.7 Å². The molecule has 2 saturated heterocycles. The fourth-order valence-corrected chi connectivity index (χ4v) is 5.16. The number of nitrogens with two attached hydrogens (primary N) is 1. The molecule has 4 atom stereocenters. The van der Waals surface area contributed by atoms with Crippen LogP contribution in [0.4, 0.5) is 18.3 Å². The third-order valence-corrected chi connectivity index (χ3v) is 6.66. The summed E-state index contributed by atoms with van der Waals surface area (Å²) in [5.74, 6) is -4.89. The number of rotatable bonds is 3. The highest BCUT2D eigenvalue weighted by atomic mass is 32.1. The van der Waals surface area contributed by atoms with E-state index < -0.39 is 47.2 Å². The number of nitrogens with zero attached hydrogens (tertiary/aromatic N) is 4. The van der Waals surface area contributed by atoms with Crippen molar-refractivity contribution in [3.8, 4) is 0 Å². The van der Waals surface area contributed by atoms with Gasteiger partial charge in [-0.3, -0.25) is 14.5 Å². The maximum absolute atomic E-state index is 12.9. The zero-order chi connectivity index (χ0) is 20.5. The number of hydrogen-bond acceptors (Lipinski definition) is 8. The van der Waals surface area contributed by atoms with E-state index in [1.54, 1.807) is 0 Å². The van der Waals surface area contributed by atoms with Crippen LogP contribution in [0.15, 0.2) is 11.3 Å². The molecule has 28 heavy (non-hydrogen) atoms. The molecule has 4 heterocycles. The van der Waals surface area contributed by atoms with E-state index in [2.05, 4.69) is 22.8 Å². The zero-order valence-electron chi connectivity index (χ0n) is 13.8. The number of β-lactam (4-membered cyclic amide) rings is 1. The van der Waals surface area contributed by atoms with Crippen molar-refractivity contribution >= 4 is 46.9 Å². The van der Waals surface area contributed by atoms with Crippen LogP contribution in [0.2, 0.25) is 0 Å². The predicted molar refractivity (Wildman–Crippen MR) is 91.0 cm³/mol. The molecular weight excluding hydrogens is 423 g/mol. The standard InChI is InChI=1S/C14H12F3N5O4S2/c15-14(16,17)12(26)21-2-3-1-4(8(27)9-19-20-13(18)28-9)6(11(24)25)22-5(3)7(21)10(22)23/h3,5,7-8,27H,1-2H2,(H2,18,20)(H,24,25)/t3-,5-,7+,8?/m1/s1. The van der Waals surface area contributed by atoms with Gasteiger partial charge in [0.05, 0.1) is 11.3 Å². The number of hydrogen-bond donors (Lipinski definition) is 3. The van der Waals surface area contributed by atoms with Gasteiger partial charge in [0, 0.05) is 12.5 Å². The van der Waals surface area contributed by atoms with Gasteiger partial charge in [0.25, 0.3) is 5.91 Å². The summed E-state index contributed by atoms with van der Waals surface area (Å²) in [5.41, 5.74) is 5.43. The normalized spacial score (nSPS) is 27.6. The number of carboxylic acid groups (broad SMARTS) is 1. The van der Waals surface area contributed by atoms with Gasteiger partial charge >= 0.3 is 18.1 Å². The number of halogens is 3. The molecule has 0 saturated carbocycles. The number of carbonyl (C=O) groups is 3. The van der Waals surface area contributed by atoms with Crippen LogP contribution in [-0.4, -0.2) is 67.7 Å². The van der Waals surface area contributed by atoms with E-state index in [0.29, 0.717) is 9.91 Å². The summed E-state index contributed by atoms with van der Waals surface area (Å²) >= 11 is 5.38. The molecule has 0 radical (unpaired) electrons. The highest BCUT2D eigenvalue weighted by Gasteiger charge is 2.66. The molecular formula is C14H12F3N5O4S2. The number of carboxylic acids is 1. The lowest BCUT2D eigenvalue weighted by Gasteiger charge is -2.50. The lowest BCUT2D eigenvalue weighted by Crippen LogP contribution is -2.70. The number of alkyl halides is 3. The van der Waals surface area contributed by atoms with Crippen LogP contribution in [0.25, 0.3) is 0 Å². The minimum atomic E-state index is -5.11. The van der Waals surface area contributed by atoms with Crippen LogP contribution < -0.4 is 5.73 Å². The van der Waals surface area contributed by atoms with Crippen molar-refractivity contribution in [3.63, 3.8) is 0 Å². The van der Waals surface area contributed by atoms with Gasteiger partial charge in [-0.05, 0) is 12.0 Å². The average Bonchev–Trinajstić information content (AvgIpc) is 3.19. The Balaban J connectivity index is 1.72. The summed E-state index contributed by atoms with van der Waals surface area (Å²) in [6.07, 6.45) is -5.06. The number of thiol groups is 1. The Morgan fingerprint density at radius 2 is 2.04 bits per heavy atom. The molecule has 0 aromatic carbocycles. The molecule has 0 bridgehead atoms. The molecule has 1 unspecified atom stereocenters. The molecule has 14 heteroatoms. The number of likely N-dealkylation sites (tertiary alicyclic amines) is 1. The third-order valence-electron chi connectivity index (χ3n) is 5.12. The van der Waals surface area contributed by atoms with Gasteiger partial charge in [-0.1, -0.05) is 11.3 Å². The Hall–Kier alpha value is -2.35. The van der Waals surface area contributed by atoms with Crippen LogP contribution in [0, 0.1) is 5.92 Å². The third kappa shape index (κ3) is 2.57. The molecule has 1 aromatic rings. The monoisotopic (exact) mass is 435 g/mol. The zero-order valence-corrected chi connectivity index (χ0v) is 15.5. The fraction of sp³-hybridized carbons (Fsp3) is 0.500. The summed E-state index contributed by atoms with van der Waals surface area (Å²) in [5, 5.41) is 16.7. The summed E-state index contributed by atoms with van der Waals surface area (Å²) < 4.78 is 38.6. The number of amides is 2. The second kappa shape index (κ2) is 6.07. The number of aromatic nitrogens is 2. The van der Waals surface area contributed by atoms with Crippen LogP contribution in [0.3, 0.4) is 0 Å². The van der Waals surface area contributed by atoms with Gasteiger partial charge in [-0.2, -0.15) is 25.8 Å². The van der Waals surface area contributed by atoms with Crippen molar-refractivity contribution in [2.24, 2.45) is 5.92 Å². The summed E-state index contributed by atoms with van der Waals surface area (Å²) in [6.45, 7) is -0.301. The van der Waals surface area contributed by atoms with Crippen molar-refractivity contribution in [1.29, 1.82) is 0 Å². The Morgan fingerprint density at radius 1 is 1.36 bits per heavy atom. The van der Waals surface area contributed by atoms with E-state index in [1.165, 1.54) is 0 Å². The number of aliphatic carboxylic acids is 1. The van der Waals surface area contributed by atoms with Crippen molar-refractivity contribution in [3.05, 3.63) is 16.3 Å². The van der Waals surface area contributed by atoms with Crippen molar-refractivity contribution in [2.45, 2.75) is 29.9 Å². The lowest BCUT2D eigenvalue weighted by atomic mass is 9.78. The molecule has 3 N–H and O–H groups in total. The lowest BCUT2D eigenvalue weighted by molar-refractivity contribution is -0.190. The highest BCUT2D eigenvalue weighted by molar-refractivity contribution is 7.81. The van der Waals surface area contributed by atoms with E-state index >= 15 is 0 Å². The molecule has 4 rings (SSSR count). The Kier molecular flexibility index (Phi) is 4.12. The number of carbonyl (C=O) groups excluding carboxylic acids is 2. The molecule has 9 nitrogen and oxygen atoms in total. The molecule has 2 fully saturated rings. The quantitative estimate of drug-likeness (QED) is 0.464. The first-order chi connectivity index (χ1) is 13.0. The number of nitrogen functional groups attached to an aromatic ring is 1. The van der Waals surface area contributed by atoms with Gasteiger partial charge in [-0.15, -0.1) is 10.2 Å². The van der Waals surface area contributed by atoms with E-state index in [-0.39, 0.29) is 29.4 Å². The van der Waals surface area contributed by atoms with Gasteiger partial charge in [-0.25, -0.2) is 4.79 Å². The van der Waals surface area contributed by atoms with Gasteiger partial charge in [0.15, 0.2) is 0 Å². The molecule has 150 valence electrons. The second-order valence-corrected chi connectivity index (χ2v) is 8.18. The summed E-state index contributed by atoms with van der Waals surface area (Å²) in [7, 11) is 0. The Morgan fingerprint density at radius 3 is 2.57 bits per heavy atom. The first-order valence-electron chi connectivity index (χ1n) is 7.96. The van der Waals surface area contributed by atoms with Gasteiger partial charge in [0.2, 0.25) is 5.13 Å². The highest BCUT2D eigenvalue weighted by Crippen LogP contribution is 2.51. The van der Waals surface area contributed by atoms with Crippen LogP contribution in [0.1, 0.15) is 16.7 Å². The van der Waals surface area contributed by atoms with Gasteiger partial charge in [0.1, 0.15) is 16.7 Å². The number of anilines is 1.